The lowest BCUT2D eigenvalue weighted by molar-refractivity contribution is -0.887. The topological polar surface area (TPSA) is 80.6 Å². The van der Waals surface area contributed by atoms with Gasteiger partial charge in [0, 0.05) is 13.1 Å². The Kier molecular flexibility index (Phi) is 5.53. The highest BCUT2D eigenvalue weighted by molar-refractivity contribution is 6.21. The lowest BCUT2D eigenvalue weighted by Crippen LogP contribution is -3.15. The normalized spacial score (nSPS) is 21.8. The highest BCUT2D eigenvalue weighted by atomic mass is 16.5. The fourth-order valence-electron chi connectivity index (χ4n) is 3.31. The van der Waals surface area contributed by atoms with Crippen molar-refractivity contribution in [2.45, 2.75) is 12.5 Å². The molecule has 2 saturated heterocycles. The van der Waals surface area contributed by atoms with E-state index in [1.165, 1.54) is 4.90 Å². The molecule has 1 N–H and O–H groups in total. The van der Waals surface area contributed by atoms with Gasteiger partial charge in [0.25, 0.3) is 11.8 Å². The third kappa shape index (κ3) is 3.71. The van der Waals surface area contributed by atoms with Crippen molar-refractivity contribution in [3.8, 4) is 5.75 Å². The van der Waals surface area contributed by atoms with Gasteiger partial charge in [0.1, 0.15) is 5.75 Å². The van der Waals surface area contributed by atoms with Gasteiger partial charge in [0.05, 0.1) is 39.5 Å². The van der Waals surface area contributed by atoms with Crippen LogP contribution in [0, 0.1) is 0 Å². The van der Waals surface area contributed by atoms with E-state index in [1.807, 2.05) is 0 Å². The van der Waals surface area contributed by atoms with Gasteiger partial charge in [-0.25, -0.2) is 4.90 Å². The van der Waals surface area contributed by atoms with E-state index in [4.69, 9.17) is 9.47 Å². The zero-order valence-corrected chi connectivity index (χ0v) is 15.1. The minimum atomic E-state index is -0.547. The molecule has 8 nitrogen and oxygen atoms in total. The molecule has 1 unspecified atom stereocenters. The monoisotopic (exact) mass is 362 g/mol. The van der Waals surface area contributed by atoms with Gasteiger partial charge in [-0.15, -0.1) is 0 Å². The second-order valence-electron chi connectivity index (χ2n) is 6.54. The first-order valence-corrected chi connectivity index (χ1v) is 8.70. The second kappa shape index (κ2) is 7.84. The van der Waals surface area contributed by atoms with E-state index in [-0.39, 0.29) is 30.7 Å². The fourth-order valence-corrected chi connectivity index (χ4v) is 3.31. The van der Waals surface area contributed by atoms with Gasteiger partial charge in [-0.1, -0.05) is 0 Å². The van der Waals surface area contributed by atoms with Crippen LogP contribution in [0.5, 0.6) is 5.75 Å². The number of hydrogen-bond acceptors (Lipinski definition) is 5. The Balaban J connectivity index is 1.66. The van der Waals surface area contributed by atoms with Crippen LogP contribution < -0.4 is 14.5 Å². The first kappa shape index (κ1) is 18.3. The molecule has 2 aliphatic heterocycles. The number of hydrogen-bond donors (Lipinski definition) is 1. The predicted octanol–water partition coefficient (Wildman–Crippen LogP) is -1.30. The van der Waals surface area contributed by atoms with Crippen molar-refractivity contribution in [1.29, 1.82) is 0 Å². The van der Waals surface area contributed by atoms with Crippen LogP contribution in [0.3, 0.4) is 0 Å². The standard InChI is InChI=1S/C18H23N3O5/c1-19(12-17(23)20-7-9-26-10-8-20)15-11-16(22)21(18(15)24)13-3-5-14(25-2)6-4-13/h3-6,15H,7-12H2,1-2H3/p+1/t15-/m1/s1. The maximum Gasteiger partial charge on any atom is 0.292 e. The van der Waals surface area contributed by atoms with Crippen molar-refractivity contribution in [2.24, 2.45) is 0 Å². The molecule has 0 saturated carbocycles. The number of likely N-dealkylation sites (N-methyl/N-ethyl adjacent to an activating group) is 1. The maximum atomic E-state index is 12.8. The molecule has 2 atom stereocenters. The number of ether oxygens (including phenoxy) is 2. The van der Waals surface area contributed by atoms with Crippen LogP contribution in [0.25, 0.3) is 0 Å². The summed E-state index contributed by atoms with van der Waals surface area (Å²) in [6, 6.07) is 6.24. The van der Waals surface area contributed by atoms with E-state index >= 15 is 0 Å². The summed E-state index contributed by atoms with van der Waals surface area (Å²) in [6.07, 6.45) is 0.104. The third-order valence-corrected chi connectivity index (χ3v) is 4.87. The van der Waals surface area contributed by atoms with Gasteiger partial charge in [-0.3, -0.25) is 14.4 Å². The van der Waals surface area contributed by atoms with E-state index < -0.39 is 6.04 Å². The van der Waals surface area contributed by atoms with Crippen molar-refractivity contribution < 1.29 is 28.8 Å². The third-order valence-electron chi connectivity index (χ3n) is 4.87. The van der Waals surface area contributed by atoms with Crippen molar-refractivity contribution in [1.82, 2.24) is 4.90 Å². The molecule has 0 aliphatic carbocycles. The SMILES string of the molecule is COc1ccc(N2C(=O)C[C@@H]([NH+](C)CC(=O)N3CCOCC3)C2=O)cc1. The van der Waals surface area contributed by atoms with Crippen LogP contribution in [0.4, 0.5) is 5.69 Å². The lowest BCUT2D eigenvalue weighted by Gasteiger charge is -2.28. The average Bonchev–Trinajstić information content (AvgIpc) is 2.97. The molecule has 140 valence electrons. The van der Waals surface area contributed by atoms with Crippen LogP contribution in [0.15, 0.2) is 24.3 Å². The molecule has 2 aliphatic rings. The molecular formula is C18H24N3O5+. The van der Waals surface area contributed by atoms with E-state index in [0.717, 1.165) is 4.90 Å². The number of imide groups is 1. The zero-order chi connectivity index (χ0) is 18.7. The van der Waals surface area contributed by atoms with E-state index in [9.17, 15) is 14.4 Å². The number of methoxy groups -OCH3 is 1. The van der Waals surface area contributed by atoms with Crippen molar-refractivity contribution in [3.63, 3.8) is 0 Å². The van der Waals surface area contributed by atoms with Crippen LogP contribution in [0.2, 0.25) is 0 Å². The molecule has 0 aromatic heterocycles. The first-order chi connectivity index (χ1) is 12.5. The summed E-state index contributed by atoms with van der Waals surface area (Å²) in [5, 5.41) is 0. The van der Waals surface area contributed by atoms with Crippen molar-refractivity contribution >= 4 is 23.4 Å². The van der Waals surface area contributed by atoms with Crippen LogP contribution in [-0.4, -0.2) is 75.7 Å². The molecule has 0 spiro atoms. The van der Waals surface area contributed by atoms with E-state index in [1.54, 1.807) is 43.3 Å². The maximum absolute atomic E-state index is 12.8. The fraction of sp³-hybridized carbons (Fsp3) is 0.500. The molecule has 26 heavy (non-hydrogen) atoms. The van der Waals surface area contributed by atoms with Crippen LogP contribution >= 0.6 is 0 Å². The highest BCUT2D eigenvalue weighted by Crippen LogP contribution is 2.24. The number of carbonyl (C=O) groups is 3. The van der Waals surface area contributed by atoms with Gasteiger partial charge in [0.2, 0.25) is 5.91 Å². The van der Waals surface area contributed by atoms with E-state index in [2.05, 4.69) is 0 Å². The Bertz CT molecular complexity index is 685. The lowest BCUT2D eigenvalue weighted by atomic mass is 10.2. The molecule has 3 amide bonds. The van der Waals surface area contributed by atoms with Crippen LogP contribution in [-0.2, 0) is 19.1 Å². The molecule has 1 aromatic carbocycles. The molecule has 1 aromatic rings. The molecule has 2 heterocycles. The quantitative estimate of drug-likeness (QED) is 0.659. The Morgan fingerprint density at radius 3 is 2.50 bits per heavy atom. The van der Waals surface area contributed by atoms with Gasteiger partial charge in [-0.2, -0.15) is 0 Å². The summed E-state index contributed by atoms with van der Waals surface area (Å²) < 4.78 is 10.4. The number of quaternary nitrogens is 1. The Morgan fingerprint density at radius 1 is 1.23 bits per heavy atom. The smallest absolute Gasteiger partial charge is 0.292 e. The minimum Gasteiger partial charge on any atom is -0.497 e. The number of anilines is 1. The summed E-state index contributed by atoms with van der Waals surface area (Å²) in [7, 11) is 3.34. The van der Waals surface area contributed by atoms with Gasteiger partial charge >= 0.3 is 0 Å². The summed E-state index contributed by atoms with van der Waals surface area (Å²) in [6.45, 7) is 2.40. The van der Waals surface area contributed by atoms with Gasteiger partial charge in [-0.05, 0) is 24.3 Å². The van der Waals surface area contributed by atoms with Crippen LogP contribution in [0.1, 0.15) is 6.42 Å². The highest BCUT2D eigenvalue weighted by Gasteiger charge is 2.45. The largest absolute Gasteiger partial charge is 0.497 e. The number of nitrogens with zero attached hydrogens (tertiary/aromatic N) is 2. The molecule has 2 fully saturated rings. The molecule has 8 heteroatoms. The number of benzene rings is 1. The minimum absolute atomic E-state index is 0.0195. The number of carbonyl (C=O) groups excluding carboxylic acids is 3. The summed E-state index contributed by atoms with van der Waals surface area (Å²) in [5.41, 5.74) is 0.524. The Labute approximate surface area is 152 Å². The Hall–Kier alpha value is -2.45. The van der Waals surface area contributed by atoms with Crippen molar-refractivity contribution in [3.05, 3.63) is 24.3 Å². The molecule has 0 bridgehead atoms. The van der Waals surface area contributed by atoms with Crippen molar-refractivity contribution in [2.75, 3.05) is 51.9 Å². The molecule has 3 rings (SSSR count). The van der Waals surface area contributed by atoms with Gasteiger partial charge < -0.3 is 19.3 Å². The first-order valence-electron chi connectivity index (χ1n) is 8.70. The summed E-state index contributed by atoms with van der Waals surface area (Å²) in [5.74, 6) is 0.118. The zero-order valence-electron chi connectivity index (χ0n) is 15.1. The summed E-state index contributed by atoms with van der Waals surface area (Å²) in [4.78, 5) is 41.2. The number of nitrogens with one attached hydrogen (secondary N) is 1. The number of rotatable bonds is 5. The van der Waals surface area contributed by atoms with Gasteiger partial charge in [0.15, 0.2) is 12.6 Å². The van der Waals surface area contributed by atoms with E-state index in [0.29, 0.717) is 37.7 Å². The molecule has 0 radical (unpaired) electrons. The number of morpholine rings is 1. The Morgan fingerprint density at radius 2 is 1.88 bits per heavy atom. The average molecular weight is 362 g/mol. The summed E-state index contributed by atoms with van der Waals surface area (Å²) >= 11 is 0. The molecular weight excluding hydrogens is 338 g/mol. The number of amides is 3. The second-order valence-corrected chi connectivity index (χ2v) is 6.54. The predicted molar refractivity (Wildman–Crippen MR) is 93.0 cm³/mol.